The number of rotatable bonds is 4. The zero-order chi connectivity index (χ0) is 13.9. The fourth-order valence-electron chi connectivity index (χ4n) is 2.17. The van der Waals surface area contributed by atoms with Gasteiger partial charge in [-0.2, -0.15) is 4.98 Å². The number of fused-ring (bicyclic) bond motifs is 1. The molecule has 0 fully saturated rings. The first-order chi connectivity index (χ1) is 9.79. The fourth-order valence-corrected chi connectivity index (χ4v) is 2.17. The molecule has 102 valence electrons. The maximum absolute atomic E-state index is 5.89. The molecular weight excluding hydrogens is 254 g/mol. The van der Waals surface area contributed by atoms with Gasteiger partial charge in [0.25, 0.3) is 0 Å². The van der Waals surface area contributed by atoms with Crippen LogP contribution < -0.4 is 5.73 Å². The predicted molar refractivity (Wildman–Crippen MR) is 76.0 cm³/mol. The van der Waals surface area contributed by atoms with Gasteiger partial charge in [0.1, 0.15) is 6.04 Å². The zero-order valence-corrected chi connectivity index (χ0v) is 11.1. The summed E-state index contributed by atoms with van der Waals surface area (Å²) in [6.45, 7) is 0.344. The Bertz CT molecular complexity index is 718. The van der Waals surface area contributed by atoms with E-state index in [1.165, 1.54) is 0 Å². The third-order valence-electron chi connectivity index (χ3n) is 3.14. The first-order valence-electron chi connectivity index (χ1n) is 6.36. The van der Waals surface area contributed by atoms with Crippen LogP contribution in [-0.2, 0) is 4.74 Å². The molecule has 0 aliphatic carbocycles. The summed E-state index contributed by atoms with van der Waals surface area (Å²) in [7, 11) is 1.59. The third kappa shape index (κ3) is 2.29. The lowest BCUT2D eigenvalue weighted by Gasteiger charge is -2.03. The Hall–Kier alpha value is -2.24. The van der Waals surface area contributed by atoms with Crippen molar-refractivity contribution in [1.82, 2.24) is 10.1 Å². The molecule has 0 aliphatic heterocycles. The smallest absolute Gasteiger partial charge is 0.246 e. The maximum atomic E-state index is 5.89. The molecule has 0 saturated heterocycles. The van der Waals surface area contributed by atoms with Crippen molar-refractivity contribution in [2.45, 2.75) is 6.04 Å². The number of hydrogen-bond acceptors (Lipinski definition) is 5. The van der Waals surface area contributed by atoms with Crippen LogP contribution in [0.15, 0.2) is 47.0 Å². The van der Waals surface area contributed by atoms with Gasteiger partial charge in [0.05, 0.1) is 6.61 Å². The molecule has 20 heavy (non-hydrogen) atoms. The summed E-state index contributed by atoms with van der Waals surface area (Å²) < 4.78 is 10.2. The quantitative estimate of drug-likeness (QED) is 0.787. The van der Waals surface area contributed by atoms with E-state index < -0.39 is 6.04 Å². The van der Waals surface area contributed by atoms with Crippen LogP contribution in [0.4, 0.5) is 0 Å². The van der Waals surface area contributed by atoms with Crippen molar-refractivity contribution >= 4 is 10.8 Å². The van der Waals surface area contributed by atoms with E-state index in [0.717, 1.165) is 16.3 Å². The summed E-state index contributed by atoms with van der Waals surface area (Å²) in [5.74, 6) is 0.929. The van der Waals surface area contributed by atoms with E-state index >= 15 is 0 Å². The molecule has 1 aromatic heterocycles. The van der Waals surface area contributed by atoms with Crippen molar-refractivity contribution in [2.24, 2.45) is 5.73 Å². The molecule has 5 nitrogen and oxygen atoms in total. The number of nitrogens with zero attached hydrogens (tertiary/aromatic N) is 2. The minimum atomic E-state index is -0.406. The molecule has 3 aromatic rings. The third-order valence-corrected chi connectivity index (χ3v) is 3.14. The van der Waals surface area contributed by atoms with Crippen LogP contribution >= 0.6 is 0 Å². The highest BCUT2D eigenvalue weighted by Crippen LogP contribution is 2.27. The second kappa shape index (κ2) is 5.40. The van der Waals surface area contributed by atoms with Crippen LogP contribution in [0, 0.1) is 0 Å². The van der Waals surface area contributed by atoms with Gasteiger partial charge < -0.3 is 15.0 Å². The highest BCUT2D eigenvalue weighted by Gasteiger charge is 2.16. The molecule has 1 heterocycles. The zero-order valence-electron chi connectivity index (χ0n) is 11.1. The first-order valence-corrected chi connectivity index (χ1v) is 6.36. The number of methoxy groups -OCH3 is 1. The summed E-state index contributed by atoms with van der Waals surface area (Å²) in [6.07, 6.45) is 0. The van der Waals surface area contributed by atoms with E-state index in [4.69, 9.17) is 15.0 Å². The van der Waals surface area contributed by atoms with Crippen molar-refractivity contribution in [2.75, 3.05) is 13.7 Å². The molecule has 0 saturated carbocycles. The van der Waals surface area contributed by atoms with Gasteiger partial charge in [-0.3, -0.25) is 0 Å². The second-order valence-electron chi connectivity index (χ2n) is 4.54. The van der Waals surface area contributed by atoms with E-state index in [0.29, 0.717) is 18.3 Å². The molecule has 2 N–H and O–H groups in total. The average molecular weight is 269 g/mol. The lowest BCUT2D eigenvalue weighted by Crippen LogP contribution is -2.16. The molecule has 2 aromatic carbocycles. The SMILES string of the molecule is COCC(N)c1nc(-c2cccc3ccccc23)no1. The number of nitrogens with two attached hydrogens (primary N) is 1. The molecule has 0 bridgehead atoms. The van der Waals surface area contributed by atoms with Gasteiger partial charge in [0.2, 0.25) is 11.7 Å². The maximum Gasteiger partial charge on any atom is 0.246 e. The molecule has 1 atom stereocenters. The summed E-state index contributed by atoms with van der Waals surface area (Å²) in [5.41, 5.74) is 6.82. The molecular formula is C15H15N3O2. The standard InChI is InChI=1S/C15H15N3O2/c1-19-9-13(16)15-17-14(18-20-15)12-8-4-6-10-5-2-3-7-11(10)12/h2-8,13H,9,16H2,1H3. The van der Waals surface area contributed by atoms with Crippen molar-refractivity contribution < 1.29 is 9.26 Å². The number of hydrogen-bond donors (Lipinski definition) is 1. The lowest BCUT2D eigenvalue weighted by molar-refractivity contribution is 0.166. The van der Waals surface area contributed by atoms with Crippen LogP contribution in [0.25, 0.3) is 22.2 Å². The molecule has 3 rings (SSSR count). The van der Waals surface area contributed by atoms with Gasteiger partial charge in [-0.1, -0.05) is 47.6 Å². The fraction of sp³-hybridized carbons (Fsp3) is 0.200. The van der Waals surface area contributed by atoms with Gasteiger partial charge in [0, 0.05) is 12.7 Å². The summed E-state index contributed by atoms with van der Waals surface area (Å²) in [4.78, 5) is 4.37. The molecule has 1 unspecified atom stereocenters. The van der Waals surface area contributed by atoms with Crippen LogP contribution in [-0.4, -0.2) is 23.9 Å². The average Bonchev–Trinajstić information content (AvgIpc) is 2.97. The molecule has 0 spiro atoms. The van der Waals surface area contributed by atoms with Gasteiger partial charge in [-0.05, 0) is 10.8 Å². The van der Waals surface area contributed by atoms with Crippen molar-refractivity contribution in [3.8, 4) is 11.4 Å². The summed E-state index contributed by atoms with van der Waals surface area (Å²) >= 11 is 0. The van der Waals surface area contributed by atoms with E-state index in [9.17, 15) is 0 Å². The molecule has 5 heteroatoms. The topological polar surface area (TPSA) is 74.2 Å². The Kier molecular flexibility index (Phi) is 3.45. The minimum absolute atomic E-state index is 0.344. The highest BCUT2D eigenvalue weighted by molar-refractivity contribution is 5.94. The Labute approximate surface area is 116 Å². The van der Waals surface area contributed by atoms with Gasteiger partial charge in [-0.25, -0.2) is 0 Å². The Morgan fingerprint density at radius 3 is 2.85 bits per heavy atom. The largest absolute Gasteiger partial charge is 0.383 e. The number of ether oxygens (including phenoxy) is 1. The Balaban J connectivity index is 2.03. The van der Waals surface area contributed by atoms with Crippen LogP contribution in [0.1, 0.15) is 11.9 Å². The summed E-state index contributed by atoms with van der Waals surface area (Å²) in [5, 5.41) is 6.24. The molecule has 0 amide bonds. The van der Waals surface area contributed by atoms with Crippen molar-refractivity contribution in [1.29, 1.82) is 0 Å². The van der Waals surface area contributed by atoms with Crippen molar-refractivity contribution in [3.05, 3.63) is 48.4 Å². The van der Waals surface area contributed by atoms with Crippen LogP contribution in [0.2, 0.25) is 0 Å². The van der Waals surface area contributed by atoms with E-state index in [2.05, 4.69) is 22.3 Å². The first kappa shape index (κ1) is 12.8. The minimum Gasteiger partial charge on any atom is -0.383 e. The van der Waals surface area contributed by atoms with E-state index in [-0.39, 0.29) is 0 Å². The number of benzene rings is 2. The summed E-state index contributed by atoms with van der Waals surface area (Å²) in [6, 6.07) is 13.7. The van der Waals surface area contributed by atoms with Crippen LogP contribution in [0.5, 0.6) is 0 Å². The van der Waals surface area contributed by atoms with E-state index in [1.807, 2.05) is 30.3 Å². The monoisotopic (exact) mass is 269 g/mol. The highest BCUT2D eigenvalue weighted by atomic mass is 16.5. The van der Waals surface area contributed by atoms with E-state index in [1.54, 1.807) is 7.11 Å². The predicted octanol–water partition coefficient (Wildman–Crippen LogP) is 2.54. The Morgan fingerprint density at radius 2 is 2.00 bits per heavy atom. The van der Waals surface area contributed by atoms with Crippen molar-refractivity contribution in [3.63, 3.8) is 0 Å². The number of aromatic nitrogens is 2. The van der Waals surface area contributed by atoms with Crippen LogP contribution in [0.3, 0.4) is 0 Å². The lowest BCUT2D eigenvalue weighted by atomic mass is 10.0. The second-order valence-corrected chi connectivity index (χ2v) is 4.54. The molecule has 0 radical (unpaired) electrons. The van der Waals surface area contributed by atoms with Gasteiger partial charge in [0.15, 0.2) is 0 Å². The van der Waals surface area contributed by atoms with Gasteiger partial charge >= 0.3 is 0 Å². The molecule has 0 aliphatic rings. The Morgan fingerprint density at radius 1 is 1.20 bits per heavy atom. The van der Waals surface area contributed by atoms with Gasteiger partial charge in [-0.15, -0.1) is 0 Å². The normalized spacial score (nSPS) is 12.7.